The zero-order chi connectivity index (χ0) is 19.3. The monoisotopic (exact) mass is 393 g/mol. The molecule has 0 saturated carbocycles. The first-order valence-electron chi connectivity index (χ1n) is 7.10. The first-order chi connectivity index (χ1) is 12.1. The van der Waals surface area contributed by atoms with Crippen LogP contribution in [0.3, 0.4) is 0 Å². The van der Waals surface area contributed by atoms with Gasteiger partial charge in [-0.3, -0.25) is 18.9 Å². The van der Waals surface area contributed by atoms with Gasteiger partial charge < -0.3 is 35.2 Å². The van der Waals surface area contributed by atoms with Gasteiger partial charge in [0.25, 0.3) is 5.56 Å². The van der Waals surface area contributed by atoms with Crippen LogP contribution in [0.4, 0.5) is 5.95 Å². The van der Waals surface area contributed by atoms with Crippen LogP contribution in [0.2, 0.25) is 0 Å². The van der Waals surface area contributed by atoms with Gasteiger partial charge in [0.1, 0.15) is 6.10 Å². The average molecular weight is 393 g/mol. The van der Waals surface area contributed by atoms with Gasteiger partial charge in [-0.2, -0.15) is 4.98 Å². The van der Waals surface area contributed by atoms with Crippen molar-refractivity contribution in [1.29, 1.82) is 0 Å². The van der Waals surface area contributed by atoms with Crippen LogP contribution in [0.5, 0.6) is 0 Å². The van der Waals surface area contributed by atoms with E-state index in [1.807, 2.05) is 0 Å². The molecule has 2 aromatic rings. The highest BCUT2D eigenvalue weighted by molar-refractivity contribution is 7.46. The van der Waals surface area contributed by atoms with E-state index < -0.39 is 44.2 Å². The van der Waals surface area contributed by atoms with Crippen LogP contribution in [0, 0.1) is 0 Å². The zero-order valence-electron chi connectivity index (χ0n) is 13.2. The molecule has 26 heavy (non-hydrogen) atoms. The van der Waals surface area contributed by atoms with Crippen molar-refractivity contribution in [1.82, 2.24) is 19.5 Å². The van der Waals surface area contributed by atoms with Crippen LogP contribution in [-0.4, -0.2) is 71.2 Å². The second-order valence-corrected chi connectivity index (χ2v) is 6.72. The Labute approximate surface area is 144 Å². The van der Waals surface area contributed by atoms with Gasteiger partial charge in [0.2, 0.25) is 11.7 Å². The molecule has 1 aliphatic rings. The topological polar surface area (TPSA) is 215 Å². The summed E-state index contributed by atoms with van der Waals surface area (Å²) in [5.41, 5.74) is 4.75. The smallest absolute Gasteiger partial charge is 0.383 e. The van der Waals surface area contributed by atoms with E-state index >= 15 is 0 Å². The third-order valence-corrected chi connectivity index (χ3v) is 4.39. The number of phosphoric acid groups is 1. The maximum atomic E-state index is 11.8. The van der Waals surface area contributed by atoms with E-state index in [2.05, 4.69) is 19.5 Å². The minimum atomic E-state index is -4.86. The number of ether oxygens (including phenoxy) is 2. The minimum Gasteiger partial charge on any atom is -0.383 e. The maximum absolute atomic E-state index is 11.8. The molecule has 0 spiro atoms. The number of hydrogen-bond donors (Lipinski definition) is 6. The maximum Gasteiger partial charge on any atom is 0.469 e. The summed E-state index contributed by atoms with van der Waals surface area (Å²) >= 11 is 0. The minimum absolute atomic E-state index is 0.0368. The number of rotatable bonds is 5. The number of phosphoric ester groups is 1. The number of nitrogens with zero attached hydrogens (tertiary/aromatic N) is 3. The van der Waals surface area contributed by atoms with Crippen molar-refractivity contribution < 1.29 is 38.6 Å². The molecule has 0 amide bonds. The van der Waals surface area contributed by atoms with E-state index in [0.717, 1.165) is 18.0 Å². The second kappa shape index (κ2) is 6.37. The first kappa shape index (κ1) is 18.9. The Morgan fingerprint density at radius 2 is 2.23 bits per heavy atom. The van der Waals surface area contributed by atoms with Crippen LogP contribution in [0.15, 0.2) is 11.1 Å². The molecule has 0 bridgehead atoms. The van der Waals surface area contributed by atoms with Crippen molar-refractivity contribution in [3.63, 3.8) is 0 Å². The standard InChI is InChI=1S/C11H16N5O9P/c1-23-11(19)4(2-24-26(20,21)22)25-9(6(11)17)16-3-13-5-7(16)14-10(12)15-8(5)18/h3-4,6,9,17,19H,2H2,1H3,(H2,20,21,22)(H3,12,14,15,18)/t4-,6+,9-,11+/m1/s1. The van der Waals surface area contributed by atoms with E-state index in [9.17, 15) is 19.6 Å². The van der Waals surface area contributed by atoms with Gasteiger partial charge in [-0.25, -0.2) is 9.55 Å². The van der Waals surface area contributed by atoms with Gasteiger partial charge in [-0.15, -0.1) is 0 Å². The summed E-state index contributed by atoms with van der Waals surface area (Å²) in [6.07, 6.45) is -3.44. The Bertz CT molecular complexity index is 924. The molecule has 144 valence electrons. The lowest BCUT2D eigenvalue weighted by Crippen LogP contribution is -2.50. The van der Waals surface area contributed by atoms with Gasteiger partial charge in [0.05, 0.1) is 12.9 Å². The molecule has 0 unspecified atom stereocenters. The number of fused-ring (bicyclic) bond motifs is 1. The SMILES string of the molecule is CO[C@@]1(O)[C@@H](COP(=O)(O)O)O[C@@H](n2cnc3c(=O)[nH]c(N)nc32)[C@@H]1O. The molecule has 4 atom stereocenters. The molecule has 1 aliphatic heterocycles. The second-order valence-electron chi connectivity index (χ2n) is 5.48. The Morgan fingerprint density at radius 3 is 2.85 bits per heavy atom. The third kappa shape index (κ3) is 3.13. The molecule has 0 radical (unpaired) electrons. The molecule has 1 saturated heterocycles. The van der Waals surface area contributed by atoms with Crippen LogP contribution >= 0.6 is 7.82 Å². The first-order valence-corrected chi connectivity index (χ1v) is 8.63. The predicted molar refractivity (Wildman–Crippen MR) is 82.4 cm³/mol. The molecule has 15 heteroatoms. The van der Waals surface area contributed by atoms with Crippen molar-refractivity contribution in [2.24, 2.45) is 0 Å². The largest absolute Gasteiger partial charge is 0.469 e. The number of hydrogen-bond acceptors (Lipinski definition) is 10. The summed E-state index contributed by atoms with van der Waals surface area (Å²) in [4.78, 5) is 39.5. The number of aromatic amines is 1. The van der Waals surface area contributed by atoms with E-state index in [-0.39, 0.29) is 17.1 Å². The van der Waals surface area contributed by atoms with Crippen molar-refractivity contribution >= 4 is 24.9 Å². The number of nitrogens with one attached hydrogen (secondary N) is 1. The molecule has 3 heterocycles. The van der Waals surface area contributed by atoms with E-state index in [0.29, 0.717) is 0 Å². The Kier molecular flexibility index (Phi) is 4.62. The molecule has 0 aliphatic carbocycles. The number of aromatic nitrogens is 4. The van der Waals surface area contributed by atoms with Gasteiger partial charge in [0.15, 0.2) is 23.5 Å². The van der Waals surface area contributed by atoms with Gasteiger partial charge >= 0.3 is 7.82 Å². The summed E-state index contributed by atoms with van der Waals surface area (Å²) in [6, 6.07) is 0. The number of aliphatic hydroxyl groups is 2. The van der Waals surface area contributed by atoms with Gasteiger partial charge in [-0.1, -0.05) is 0 Å². The lowest BCUT2D eigenvalue weighted by Gasteiger charge is -2.28. The lowest BCUT2D eigenvalue weighted by molar-refractivity contribution is -0.251. The van der Waals surface area contributed by atoms with E-state index in [1.165, 1.54) is 0 Å². The molecular weight excluding hydrogens is 377 g/mol. The quantitative estimate of drug-likeness (QED) is 0.228. The summed E-state index contributed by atoms with van der Waals surface area (Å²) in [5.74, 6) is -2.57. The fraction of sp³-hybridized carbons (Fsp3) is 0.545. The average Bonchev–Trinajstić information content (AvgIpc) is 3.06. The summed E-state index contributed by atoms with van der Waals surface area (Å²) in [6.45, 7) is -0.787. The normalized spacial score (nSPS) is 29.5. The Balaban J connectivity index is 1.99. The number of aliphatic hydroxyl groups excluding tert-OH is 1. The Morgan fingerprint density at radius 1 is 1.54 bits per heavy atom. The number of nitrogen functional groups attached to an aromatic ring is 1. The number of nitrogens with two attached hydrogens (primary N) is 1. The van der Waals surface area contributed by atoms with E-state index in [4.69, 9.17) is 25.0 Å². The number of methoxy groups -OCH3 is 1. The van der Waals surface area contributed by atoms with Crippen LogP contribution in [-0.2, 0) is 18.6 Å². The van der Waals surface area contributed by atoms with Crippen molar-refractivity contribution in [3.05, 3.63) is 16.7 Å². The molecule has 3 rings (SSSR count). The highest BCUT2D eigenvalue weighted by Crippen LogP contribution is 2.42. The van der Waals surface area contributed by atoms with Crippen LogP contribution in [0.1, 0.15) is 6.23 Å². The van der Waals surface area contributed by atoms with Crippen molar-refractivity contribution in [2.75, 3.05) is 19.5 Å². The van der Waals surface area contributed by atoms with E-state index in [1.54, 1.807) is 0 Å². The van der Waals surface area contributed by atoms with Crippen LogP contribution in [0.25, 0.3) is 11.2 Å². The number of anilines is 1. The molecule has 14 nitrogen and oxygen atoms in total. The highest BCUT2D eigenvalue weighted by atomic mass is 31.2. The summed E-state index contributed by atoms with van der Waals surface area (Å²) < 4.78 is 26.7. The molecule has 7 N–H and O–H groups in total. The molecule has 1 fully saturated rings. The molecule has 2 aromatic heterocycles. The van der Waals surface area contributed by atoms with Crippen molar-refractivity contribution in [3.8, 4) is 0 Å². The third-order valence-electron chi connectivity index (χ3n) is 3.90. The van der Waals surface area contributed by atoms with Gasteiger partial charge in [0, 0.05) is 7.11 Å². The van der Waals surface area contributed by atoms with Crippen molar-refractivity contribution in [2.45, 2.75) is 24.2 Å². The zero-order valence-corrected chi connectivity index (χ0v) is 14.1. The van der Waals surface area contributed by atoms with Gasteiger partial charge in [-0.05, 0) is 0 Å². The Hall–Kier alpha value is -1.90. The van der Waals surface area contributed by atoms with Crippen LogP contribution < -0.4 is 11.3 Å². The highest BCUT2D eigenvalue weighted by Gasteiger charge is 2.57. The lowest BCUT2D eigenvalue weighted by atomic mass is 10.1. The number of H-pyrrole nitrogens is 1. The number of imidazole rings is 1. The fourth-order valence-electron chi connectivity index (χ4n) is 2.66. The fourth-order valence-corrected chi connectivity index (χ4v) is 2.99. The summed E-state index contributed by atoms with van der Waals surface area (Å²) in [7, 11) is -3.80. The predicted octanol–water partition coefficient (Wildman–Crippen LogP) is -2.60. The summed E-state index contributed by atoms with van der Waals surface area (Å²) in [5, 5.41) is 20.9. The molecular formula is C11H16N5O9P. The molecule has 0 aromatic carbocycles.